The van der Waals surface area contributed by atoms with Gasteiger partial charge in [0.25, 0.3) is 11.5 Å². The quantitative estimate of drug-likeness (QED) is 0.424. The number of nitrogens with zero attached hydrogens (tertiary/aromatic N) is 4. The summed E-state index contributed by atoms with van der Waals surface area (Å²) in [6.07, 6.45) is 0. The van der Waals surface area contributed by atoms with Crippen molar-refractivity contribution in [3.05, 3.63) is 94.7 Å². The fraction of sp³-hybridized carbons (Fsp3) is 0.214. The molecular formula is C28H26FN5O4. The third-order valence-corrected chi connectivity index (χ3v) is 6.56. The number of halogens is 1. The number of hydrogen-bond acceptors (Lipinski definition) is 6. The lowest BCUT2D eigenvalue weighted by Crippen LogP contribution is -2.51. The molecule has 10 heteroatoms. The Labute approximate surface area is 218 Å². The summed E-state index contributed by atoms with van der Waals surface area (Å²) in [5.41, 5.74) is 1.06. The fourth-order valence-corrected chi connectivity index (χ4v) is 4.47. The topological polar surface area (TPSA) is 96.8 Å². The molecule has 194 valence electrons. The highest BCUT2D eigenvalue weighted by Gasteiger charge is 2.23. The van der Waals surface area contributed by atoms with Crippen LogP contribution in [0.1, 0.15) is 10.5 Å². The van der Waals surface area contributed by atoms with Crippen molar-refractivity contribution in [2.45, 2.75) is 0 Å². The van der Waals surface area contributed by atoms with Crippen molar-refractivity contribution in [2.75, 3.05) is 44.7 Å². The molecule has 1 fully saturated rings. The van der Waals surface area contributed by atoms with Gasteiger partial charge >= 0.3 is 0 Å². The van der Waals surface area contributed by atoms with Crippen LogP contribution >= 0.6 is 0 Å². The van der Waals surface area contributed by atoms with E-state index >= 15 is 0 Å². The largest absolute Gasteiger partial charge is 0.497 e. The smallest absolute Gasteiger partial charge is 0.279 e. The molecule has 1 aliphatic heterocycles. The third kappa shape index (κ3) is 5.06. The van der Waals surface area contributed by atoms with Crippen LogP contribution < -0.4 is 20.5 Å². The van der Waals surface area contributed by atoms with E-state index in [4.69, 9.17) is 4.74 Å². The molecule has 0 saturated carbocycles. The number of rotatable bonds is 6. The van der Waals surface area contributed by atoms with Crippen LogP contribution in [0.3, 0.4) is 0 Å². The zero-order valence-corrected chi connectivity index (χ0v) is 20.8. The van der Waals surface area contributed by atoms with E-state index in [9.17, 15) is 18.8 Å². The lowest BCUT2D eigenvalue weighted by molar-refractivity contribution is -0.130. The zero-order chi connectivity index (χ0) is 26.6. The van der Waals surface area contributed by atoms with E-state index in [0.717, 1.165) is 5.69 Å². The maximum atomic E-state index is 13.2. The summed E-state index contributed by atoms with van der Waals surface area (Å²) in [5, 5.41) is 7.77. The normalized spacial score (nSPS) is 13.4. The minimum absolute atomic E-state index is 0.0462. The van der Waals surface area contributed by atoms with Crippen LogP contribution in [0.4, 0.5) is 10.1 Å². The fourth-order valence-electron chi connectivity index (χ4n) is 4.47. The Kier molecular flexibility index (Phi) is 7.03. The summed E-state index contributed by atoms with van der Waals surface area (Å²) >= 11 is 0. The number of aromatic nitrogens is 2. The van der Waals surface area contributed by atoms with E-state index in [1.165, 1.54) is 16.8 Å². The molecule has 3 aromatic carbocycles. The Morgan fingerprint density at radius 3 is 2.18 bits per heavy atom. The second-order valence-corrected chi connectivity index (χ2v) is 8.84. The van der Waals surface area contributed by atoms with Crippen molar-refractivity contribution in [3.63, 3.8) is 0 Å². The van der Waals surface area contributed by atoms with E-state index in [2.05, 4.69) is 15.3 Å². The van der Waals surface area contributed by atoms with Crippen LogP contribution in [-0.4, -0.2) is 66.3 Å². The number of piperazine rings is 1. The van der Waals surface area contributed by atoms with Crippen LogP contribution in [0.2, 0.25) is 0 Å². The van der Waals surface area contributed by atoms with Gasteiger partial charge in [0.15, 0.2) is 5.69 Å². The number of nitrogens with one attached hydrogen (secondary N) is 1. The predicted octanol–water partition coefficient (Wildman–Crippen LogP) is 2.61. The first-order valence-corrected chi connectivity index (χ1v) is 12.2. The van der Waals surface area contributed by atoms with E-state index in [0.29, 0.717) is 48.4 Å². The monoisotopic (exact) mass is 515 g/mol. The summed E-state index contributed by atoms with van der Waals surface area (Å²) in [6, 6.07) is 19.8. The van der Waals surface area contributed by atoms with Gasteiger partial charge < -0.3 is 19.9 Å². The van der Waals surface area contributed by atoms with Gasteiger partial charge in [-0.3, -0.25) is 14.4 Å². The van der Waals surface area contributed by atoms with Gasteiger partial charge in [0, 0.05) is 37.3 Å². The second-order valence-electron chi connectivity index (χ2n) is 8.84. The van der Waals surface area contributed by atoms with Gasteiger partial charge in [-0.25, -0.2) is 4.39 Å². The van der Waals surface area contributed by atoms with Crippen LogP contribution in [0.25, 0.3) is 16.5 Å². The molecule has 0 atom stereocenters. The van der Waals surface area contributed by atoms with Crippen molar-refractivity contribution < 1.29 is 18.7 Å². The molecule has 4 aromatic rings. The number of anilines is 1. The molecule has 0 bridgehead atoms. The van der Waals surface area contributed by atoms with Gasteiger partial charge in [0.2, 0.25) is 5.91 Å². The van der Waals surface area contributed by atoms with Gasteiger partial charge in [-0.1, -0.05) is 18.2 Å². The van der Waals surface area contributed by atoms with Gasteiger partial charge in [0.05, 0.1) is 24.7 Å². The number of carbonyl (C=O) groups is 2. The Morgan fingerprint density at radius 2 is 1.53 bits per heavy atom. The highest BCUT2D eigenvalue weighted by molar-refractivity contribution is 6.05. The minimum atomic E-state index is -0.554. The minimum Gasteiger partial charge on any atom is -0.497 e. The molecule has 0 aliphatic carbocycles. The summed E-state index contributed by atoms with van der Waals surface area (Å²) in [4.78, 5) is 42.9. The molecule has 5 rings (SSSR count). The number of benzene rings is 3. The maximum Gasteiger partial charge on any atom is 0.279 e. The van der Waals surface area contributed by atoms with Gasteiger partial charge in [-0.05, 0) is 54.6 Å². The van der Waals surface area contributed by atoms with E-state index in [1.54, 1.807) is 72.7 Å². The summed E-state index contributed by atoms with van der Waals surface area (Å²) < 4.78 is 19.6. The molecule has 1 aromatic heterocycles. The van der Waals surface area contributed by atoms with Crippen molar-refractivity contribution in [1.82, 2.24) is 20.0 Å². The molecule has 1 aliphatic rings. The number of methoxy groups -OCH3 is 1. The van der Waals surface area contributed by atoms with Gasteiger partial charge in [-0.15, -0.1) is 0 Å². The first kappa shape index (κ1) is 24.9. The molecule has 2 amide bonds. The molecule has 1 N–H and O–H groups in total. The van der Waals surface area contributed by atoms with Crippen LogP contribution in [0.15, 0.2) is 77.6 Å². The van der Waals surface area contributed by atoms with E-state index < -0.39 is 5.91 Å². The Bertz CT molecular complexity index is 1530. The number of hydrogen-bond donors (Lipinski definition) is 1. The SMILES string of the molecule is COc1ccc(-n2nc(C(=O)NCC(=O)N3CCN(c4ccc(F)cc4)CC3)c3ccccc3c2=O)cc1. The van der Waals surface area contributed by atoms with E-state index in [-0.39, 0.29) is 29.5 Å². The van der Waals surface area contributed by atoms with Crippen LogP contribution in [-0.2, 0) is 4.79 Å². The van der Waals surface area contributed by atoms with Crippen molar-refractivity contribution in [1.29, 1.82) is 0 Å². The molecule has 0 unspecified atom stereocenters. The van der Waals surface area contributed by atoms with E-state index in [1.807, 2.05) is 0 Å². The highest BCUT2D eigenvalue weighted by atomic mass is 19.1. The lowest BCUT2D eigenvalue weighted by Gasteiger charge is -2.36. The van der Waals surface area contributed by atoms with Gasteiger partial charge in [-0.2, -0.15) is 9.78 Å². The Morgan fingerprint density at radius 1 is 0.895 bits per heavy atom. The first-order valence-electron chi connectivity index (χ1n) is 12.2. The average molecular weight is 516 g/mol. The van der Waals surface area contributed by atoms with Crippen LogP contribution in [0, 0.1) is 5.82 Å². The van der Waals surface area contributed by atoms with Gasteiger partial charge in [0.1, 0.15) is 11.6 Å². The molecule has 9 nitrogen and oxygen atoms in total. The van der Waals surface area contributed by atoms with Crippen LogP contribution in [0.5, 0.6) is 5.75 Å². The predicted molar refractivity (Wildman–Crippen MR) is 141 cm³/mol. The number of fused-ring (bicyclic) bond motifs is 1. The first-order chi connectivity index (χ1) is 18.4. The van der Waals surface area contributed by atoms with Crippen molar-refractivity contribution >= 4 is 28.3 Å². The second kappa shape index (κ2) is 10.7. The number of ether oxygens (including phenoxy) is 1. The Hall–Kier alpha value is -4.73. The summed E-state index contributed by atoms with van der Waals surface area (Å²) in [5.74, 6) is -0.441. The molecule has 1 saturated heterocycles. The molecule has 0 spiro atoms. The lowest BCUT2D eigenvalue weighted by atomic mass is 10.1. The molecule has 0 radical (unpaired) electrons. The average Bonchev–Trinajstić information content (AvgIpc) is 2.96. The van der Waals surface area contributed by atoms with Crippen molar-refractivity contribution in [2.24, 2.45) is 0 Å². The third-order valence-electron chi connectivity index (χ3n) is 6.56. The van der Waals surface area contributed by atoms with Crippen molar-refractivity contribution in [3.8, 4) is 11.4 Å². The summed E-state index contributed by atoms with van der Waals surface area (Å²) in [6.45, 7) is 1.97. The molecule has 38 heavy (non-hydrogen) atoms. The molecular weight excluding hydrogens is 489 g/mol. The zero-order valence-electron chi connectivity index (χ0n) is 20.8. The standard InChI is InChI=1S/C28H26FN5O4/c1-38-22-12-10-21(11-13-22)34-28(37)24-5-3-2-4-23(24)26(31-34)27(36)30-18-25(35)33-16-14-32(15-17-33)20-8-6-19(29)7-9-20/h2-13H,14-18H2,1H3,(H,30,36). The number of amides is 2. The maximum absolute atomic E-state index is 13.2. The number of carbonyl (C=O) groups excluding carboxylic acids is 2. The highest BCUT2D eigenvalue weighted by Crippen LogP contribution is 2.19. The Balaban J connectivity index is 1.29. The summed E-state index contributed by atoms with van der Waals surface area (Å²) in [7, 11) is 1.55. The molecule has 2 heterocycles.